The van der Waals surface area contributed by atoms with Crippen molar-refractivity contribution in [1.29, 1.82) is 0 Å². The second-order valence-corrected chi connectivity index (χ2v) is 9.32. The maximum Gasteiger partial charge on any atom is 0.339 e. The molecule has 0 atom stereocenters. The van der Waals surface area contributed by atoms with Crippen LogP contribution in [0.2, 0.25) is 0 Å². The van der Waals surface area contributed by atoms with Gasteiger partial charge >= 0.3 is 12.0 Å². The standard InChI is InChI=1S/C30H28F2N4O5/c1-17-10-11-22(29(37)38)24(12-17)41-28-26(32)23(16-34-30(39)36(2)3)25(31)27(35-28)40-21-9-5-8-20(14-21)19-7-4-6-18(13-19)15-33/h4-14H,15-16,33H2,1-3H3,(H,34,39)(H,37,38). The Labute approximate surface area is 235 Å². The third kappa shape index (κ3) is 6.76. The van der Waals surface area contributed by atoms with Crippen molar-refractivity contribution in [2.75, 3.05) is 14.1 Å². The minimum Gasteiger partial charge on any atom is -0.478 e. The monoisotopic (exact) mass is 562 g/mol. The van der Waals surface area contributed by atoms with Crippen LogP contribution in [0, 0.1) is 18.6 Å². The van der Waals surface area contributed by atoms with Crippen LogP contribution >= 0.6 is 0 Å². The van der Waals surface area contributed by atoms with Crippen LogP contribution in [0.25, 0.3) is 11.1 Å². The van der Waals surface area contributed by atoms with E-state index in [1.807, 2.05) is 30.3 Å². The van der Waals surface area contributed by atoms with Crippen LogP contribution in [0.5, 0.6) is 23.3 Å². The van der Waals surface area contributed by atoms with E-state index in [0.717, 1.165) is 16.7 Å². The molecule has 0 spiro atoms. The Kier molecular flexibility index (Phi) is 8.78. The van der Waals surface area contributed by atoms with Gasteiger partial charge in [0, 0.05) is 20.6 Å². The second-order valence-electron chi connectivity index (χ2n) is 9.32. The zero-order chi connectivity index (χ0) is 29.7. The number of carbonyl (C=O) groups excluding carboxylic acids is 1. The average Bonchev–Trinajstić information content (AvgIpc) is 2.95. The van der Waals surface area contributed by atoms with Crippen molar-refractivity contribution >= 4 is 12.0 Å². The van der Waals surface area contributed by atoms with E-state index in [9.17, 15) is 14.7 Å². The van der Waals surface area contributed by atoms with E-state index in [0.29, 0.717) is 12.1 Å². The first-order chi connectivity index (χ1) is 19.6. The summed E-state index contributed by atoms with van der Waals surface area (Å²) in [5.41, 5.74) is 8.08. The predicted molar refractivity (Wildman–Crippen MR) is 148 cm³/mol. The van der Waals surface area contributed by atoms with Gasteiger partial charge in [0.25, 0.3) is 11.8 Å². The number of rotatable bonds is 9. The van der Waals surface area contributed by atoms with E-state index in [4.69, 9.17) is 15.2 Å². The first-order valence-corrected chi connectivity index (χ1v) is 12.5. The molecule has 0 unspecified atom stereocenters. The number of hydrogen-bond donors (Lipinski definition) is 3. The molecule has 3 aromatic carbocycles. The fourth-order valence-corrected chi connectivity index (χ4v) is 3.88. The highest BCUT2D eigenvalue weighted by atomic mass is 19.1. The summed E-state index contributed by atoms with van der Waals surface area (Å²) in [7, 11) is 2.94. The molecule has 4 rings (SSSR count). The van der Waals surface area contributed by atoms with E-state index < -0.39 is 47.5 Å². The van der Waals surface area contributed by atoms with Gasteiger partial charge in [0.15, 0.2) is 11.6 Å². The number of nitrogens with one attached hydrogen (secondary N) is 1. The number of carboxylic acid groups (broad SMARTS) is 1. The summed E-state index contributed by atoms with van der Waals surface area (Å²) < 4.78 is 42.5. The first kappa shape index (κ1) is 29.0. The van der Waals surface area contributed by atoms with Crippen LogP contribution < -0.4 is 20.5 Å². The highest BCUT2D eigenvalue weighted by molar-refractivity contribution is 5.91. The molecule has 0 aliphatic heterocycles. The highest BCUT2D eigenvalue weighted by Gasteiger charge is 2.25. The lowest BCUT2D eigenvalue weighted by Gasteiger charge is -2.17. The molecule has 11 heteroatoms. The number of aryl methyl sites for hydroxylation is 1. The van der Waals surface area contributed by atoms with Crippen molar-refractivity contribution in [2.24, 2.45) is 5.73 Å². The predicted octanol–water partition coefficient (Wildman–Crippen LogP) is 5.85. The van der Waals surface area contributed by atoms with Gasteiger partial charge in [-0.25, -0.2) is 18.4 Å². The molecule has 212 valence electrons. The van der Waals surface area contributed by atoms with Crippen LogP contribution in [-0.2, 0) is 13.1 Å². The van der Waals surface area contributed by atoms with Crippen LogP contribution in [-0.4, -0.2) is 41.1 Å². The number of pyridine rings is 1. The molecular weight excluding hydrogens is 534 g/mol. The van der Waals surface area contributed by atoms with E-state index in [1.165, 1.54) is 31.1 Å². The minimum atomic E-state index is -1.31. The van der Waals surface area contributed by atoms with Gasteiger partial charge in [0.1, 0.15) is 17.1 Å². The Balaban J connectivity index is 1.77. The third-order valence-electron chi connectivity index (χ3n) is 6.05. The number of halogens is 2. The summed E-state index contributed by atoms with van der Waals surface area (Å²) in [5.74, 6) is -5.07. The molecule has 4 N–H and O–H groups in total. The molecule has 1 aromatic heterocycles. The number of aromatic nitrogens is 1. The molecule has 2 amide bonds. The van der Waals surface area contributed by atoms with Gasteiger partial charge in [-0.2, -0.15) is 4.98 Å². The molecule has 0 saturated carbocycles. The minimum absolute atomic E-state index is 0.190. The Morgan fingerprint density at radius 2 is 1.61 bits per heavy atom. The lowest BCUT2D eigenvalue weighted by Crippen LogP contribution is -2.34. The third-order valence-corrected chi connectivity index (χ3v) is 6.05. The van der Waals surface area contributed by atoms with Gasteiger partial charge in [0.05, 0.1) is 12.1 Å². The number of carbonyl (C=O) groups is 2. The van der Waals surface area contributed by atoms with E-state index >= 15 is 8.78 Å². The van der Waals surface area contributed by atoms with Crippen molar-refractivity contribution in [1.82, 2.24) is 15.2 Å². The summed E-state index contributed by atoms with van der Waals surface area (Å²) in [6.45, 7) is 1.49. The highest BCUT2D eigenvalue weighted by Crippen LogP contribution is 2.35. The fourth-order valence-electron chi connectivity index (χ4n) is 3.88. The molecule has 0 radical (unpaired) electrons. The summed E-state index contributed by atoms with van der Waals surface area (Å²) >= 11 is 0. The fraction of sp³-hybridized carbons (Fsp3) is 0.167. The van der Waals surface area contributed by atoms with Crippen LogP contribution in [0.3, 0.4) is 0 Å². The maximum absolute atomic E-state index is 15.6. The molecule has 0 bridgehead atoms. The number of nitrogens with zero attached hydrogens (tertiary/aromatic N) is 2. The summed E-state index contributed by atoms with van der Waals surface area (Å²) in [6, 6.07) is 17.9. The number of aromatic carboxylic acids is 1. The van der Waals surface area contributed by atoms with Gasteiger partial charge in [0.2, 0.25) is 0 Å². The number of benzene rings is 3. The van der Waals surface area contributed by atoms with Crippen molar-refractivity contribution in [3.63, 3.8) is 0 Å². The zero-order valence-electron chi connectivity index (χ0n) is 22.6. The van der Waals surface area contributed by atoms with Gasteiger partial charge in [-0.3, -0.25) is 0 Å². The van der Waals surface area contributed by atoms with E-state index in [-0.39, 0.29) is 17.1 Å². The van der Waals surface area contributed by atoms with Gasteiger partial charge < -0.3 is 30.5 Å². The molecule has 1 heterocycles. The summed E-state index contributed by atoms with van der Waals surface area (Å²) in [6.07, 6.45) is 0. The molecule has 0 fully saturated rings. The second kappa shape index (κ2) is 12.4. The van der Waals surface area contributed by atoms with Crippen LogP contribution in [0.1, 0.15) is 27.0 Å². The normalized spacial score (nSPS) is 10.7. The lowest BCUT2D eigenvalue weighted by molar-refractivity contribution is 0.0694. The summed E-state index contributed by atoms with van der Waals surface area (Å²) in [5, 5.41) is 12.0. The lowest BCUT2D eigenvalue weighted by atomic mass is 10.0. The quantitative estimate of drug-likeness (QED) is 0.234. The maximum atomic E-state index is 15.6. The van der Waals surface area contributed by atoms with Gasteiger partial charge in [-0.1, -0.05) is 36.4 Å². The zero-order valence-corrected chi connectivity index (χ0v) is 22.6. The number of carboxylic acids is 1. The van der Waals surface area contributed by atoms with Crippen molar-refractivity contribution < 1.29 is 33.0 Å². The topological polar surface area (TPSA) is 127 Å². The molecular formula is C30H28F2N4O5. The van der Waals surface area contributed by atoms with Crippen molar-refractivity contribution in [3.05, 3.63) is 101 Å². The first-order valence-electron chi connectivity index (χ1n) is 12.5. The number of amides is 2. The average molecular weight is 563 g/mol. The molecule has 4 aromatic rings. The Hall–Kier alpha value is -5.03. The molecule has 0 saturated heterocycles. The Bertz CT molecular complexity index is 1610. The van der Waals surface area contributed by atoms with Crippen molar-refractivity contribution in [2.45, 2.75) is 20.0 Å². The number of ether oxygens (including phenoxy) is 2. The smallest absolute Gasteiger partial charge is 0.339 e. The summed E-state index contributed by atoms with van der Waals surface area (Å²) in [4.78, 5) is 28.9. The van der Waals surface area contributed by atoms with E-state index in [1.54, 1.807) is 31.2 Å². The molecule has 0 aliphatic rings. The van der Waals surface area contributed by atoms with E-state index in [2.05, 4.69) is 10.3 Å². The molecule has 41 heavy (non-hydrogen) atoms. The number of nitrogens with two attached hydrogens (primary N) is 1. The largest absolute Gasteiger partial charge is 0.478 e. The molecule has 0 aliphatic carbocycles. The Morgan fingerprint density at radius 3 is 2.27 bits per heavy atom. The van der Waals surface area contributed by atoms with Crippen LogP contribution in [0.15, 0.2) is 66.7 Å². The Morgan fingerprint density at radius 1 is 0.951 bits per heavy atom. The van der Waals surface area contributed by atoms with Crippen LogP contribution in [0.4, 0.5) is 13.6 Å². The van der Waals surface area contributed by atoms with Gasteiger partial charge in [-0.15, -0.1) is 0 Å². The number of hydrogen-bond acceptors (Lipinski definition) is 6. The molecule has 9 nitrogen and oxygen atoms in total. The SMILES string of the molecule is Cc1ccc(C(=O)O)c(Oc2nc(Oc3cccc(-c4cccc(CN)c4)c3)c(F)c(CNC(=O)N(C)C)c2F)c1. The van der Waals surface area contributed by atoms with Gasteiger partial charge in [-0.05, 0) is 59.5 Å². The number of urea groups is 1. The van der Waals surface area contributed by atoms with Crippen molar-refractivity contribution in [3.8, 4) is 34.4 Å².